The Morgan fingerprint density at radius 3 is 2.55 bits per heavy atom. The third-order valence-corrected chi connectivity index (χ3v) is 3.68. The molecule has 0 fully saturated rings. The van der Waals surface area contributed by atoms with Gasteiger partial charge in [0.2, 0.25) is 0 Å². The number of aromatic nitrogens is 2. The highest BCUT2D eigenvalue weighted by Gasteiger charge is 2.15. The van der Waals surface area contributed by atoms with Crippen LogP contribution in [0.15, 0.2) is 34.8 Å². The molecule has 0 aliphatic rings. The third kappa shape index (κ3) is 3.48. The van der Waals surface area contributed by atoms with Crippen molar-refractivity contribution in [2.45, 2.75) is 32.7 Å². The maximum Gasteiger partial charge on any atom is 0.356 e. The van der Waals surface area contributed by atoms with Crippen LogP contribution < -0.4 is 0 Å². The molecule has 1 N–H and O–H groups in total. The highest BCUT2D eigenvalue weighted by molar-refractivity contribution is 9.10. The topological polar surface area (TPSA) is 55.1 Å². The smallest absolute Gasteiger partial charge is 0.356 e. The van der Waals surface area contributed by atoms with Gasteiger partial charge >= 0.3 is 5.97 Å². The first-order valence-electron chi connectivity index (χ1n) is 6.53. The quantitative estimate of drug-likeness (QED) is 0.905. The number of rotatable bonds is 5. The zero-order valence-electron chi connectivity index (χ0n) is 11.5. The van der Waals surface area contributed by atoms with Crippen LogP contribution in [0.1, 0.15) is 41.5 Å². The van der Waals surface area contributed by atoms with Crippen LogP contribution >= 0.6 is 15.9 Å². The largest absolute Gasteiger partial charge is 0.476 e. The number of carbonyl (C=O) groups is 1. The second kappa shape index (κ2) is 6.22. The standard InChI is InChI=1S/C15H17BrN2O2/c1-10(2)14-9-13(15(19)20)17-18(14)8-7-11-3-5-12(16)6-4-11/h3-6,9-10H,7-8H2,1-2H3,(H,19,20). The molecular weight excluding hydrogens is 320 g/mol. The summed E-state index contributed by atoms with van der Waals surface area (Å²) in [6.45, 7) is 4.76. The van der Waals surface area contributed by atoms with Crippen molar-refractivity contribution < 1.29 is 9.90 Å². The molecule has 20 heavy (non-hydrogen) atoms. The van der Waals surface area contributed by atoms with Crippen molar-refractivity contribution in [2.75, 3.05) is 0 Å². The van der Waals surface area contributed by atoms with E-state index in [1.165, 1.54) is 5.56 Å². The summed E-state index contributed by atoms with van der Waals surface area (Å²) in [4.78, 5) is 11.0. The van der Waals surface area contributed by atoms with E-state index in [9.17, 15) is 4.79 Å². The van der Waals surface area contributed by atoms with Crippen molar-refractivity contribution >= 4 is 21.9 Å². The van der Waals surface area contributed by atoms with Gasteiger partial charge in [-0.3, -0.25) is 4.68 Å². The number of hydrogen-bond acceptors (Lipinski definition) is 2. The minimum atomic E-state index is -0.978. The van der Waals surface area contributed by atoms with E-state index in [2.05, 4.69) is 33.2 Å². The Hall–Kier alpha value is -1.62. The zero-order valence-corrected chi connectivity index (χ0v) is 13.1. The Kier molecular flexibility index (Phi) is 4.60. The first-order valence-corrected chi connectivity index (χ1v) is 7.32. The molecule has 0 saturated carbocycles. The number of benzene rings is 1. The van der Waals surface area contributed by atoms with Gasteiger partial charge in [-0.1, -0.05) is 41.9 Å². The van der Waals surface area contributed by atoms with Crippen LogP contribution in [0.25, 0.3) is 0 Å². The zero-order chi connectivity index (χ0) is 14.7. The average Bonchev–Trinajstić information content (AvgIpc) is 2.82. The number of hydrogen-bond donors (Lipinski definition) is 1. The van der Waals surface area contributed by atoms with E-state index in [0.29, 0.717) is 6.54 Å². The lowest BCUT2D eigenvalue weighted by Crippen LogP contribution is -2.09. The van der Waals surface area contributed by atoms with Crippen LogP contribution in [0.5, 0.6) is 0 Å². The predicted octanol–water partition coefficient (Wildman–Crippen LogP) is 3.71. The summed E-state index contributed by atoms with van der Waals surface area (Å²) in [5.74, 6) is -0.727. The van der Waals surface area contributed by atoms with Gasteiger partial charge in [-0.25, -0.2) is 4.79 Å². The molecule has 0 aliphatic heterocycles. The minimum absolute atomic E-state index is 0.115. The molecule has 0 spiro atoms. The lowest BCUT2D eigenvalue weighted by Gasteiger charge is -2.10. The molecule has 0 radical (unpaired) electrons. The fraction of sp³-hybridized carbons (Fsp3) is 0.333. The number of nitrogens with zero attached hydrogens (tertiary/aromatic N) is 2. The van der Waals surface area contributed by atoms with Gasteiger partial charge in [0, 0.05) is 16.7 Å². The van der Waals surface area contributed by atoms with Crippen LogP contribution in [0, 0.1) is 0 Å². The van der Waals surface area contributed by atoms with E-state index in [1.54, 1.807) is 10.7 Å². The molecule has 2 rings (SSSR count). The Labute approximate surface area is 126 Å². The van der Waals surface area contributed by atoms with Crippen LogP contribution in [0.4, 0.5) is 0 Å². The van der Waals surface area contributed by atoms with Crippen LogP contribution in [-0.2, 0) is 13.0 Å². The van der Waals surface area contributed by atoms with E-state index in [-0.39, 0.29) is 11.6 Å². The molecule has 0 bridgehead atoms. The fourth-order valence-electron chi connectivity index (χ4n) is 2.07. The second-order valence-corrected chi connectivity index (χ2v) is 5.93. The highest BCUT2D eigenvalue weighted by Crippen LogP contribution is 2.17. The van der Waals surface area contributed by atoms with Gasteiger partial charge in [0.15, 0.2) is 5.69 Å². The molecule has 1 aromatic heterocycles. The van der Waals surface area contributed by atoms with Gasteiger partial charge in [-0.05, 0) is 36.1 Å². The molecular formula is C15H17BrN2O2. The molecule has 0 aliphatic carbocycles. The molecule has 0 saturated heterocycles. The minimum Gasteiger partial charge on any atom is -0.476 e. The molecule has 4 nitrogen and oxygen atoms in total. The average molecular weight is 337 g/mol. The van der Waals surface area contributed by atoms with Gasteiger partial charge in [0.25, 0.3) is 0 Å². The van der Waals surface area contributed by atoms with Crippen molar-refractivity contribution in [1.29, 1.82) is 0 Å². The number of carboxylic acid groups (broad SMARTS) is 1. The molecule has 0 unspecified atom stereocenters. The van der Waals surface area contributed by atoms with Gasteiger partial charge < -0.3 is 5.11 Å². The normalized spacial score (nSPS) is 11.0. The van der Waals surface area contributed by atoms with Crippen LogP contribution in [-0.4, -0.2) is 20.9 Å². The Morgan fingerprint density at radius 1 is 1.35 bits per heavy atom. The number of aryl methyl sites for hydroxylation is 2. The molecule has 0 atom stereocenters. The molecule has 1 aromatic carbocycles. The first-order chi connectivity index (χ1) is 9.47. The lowest BCUT2D eigenvalue weighted by atomic mass is 10.1. The van der Waals surface area contributed by atoms with Crippen LogP contribution in [0.3, 0.4) is 0 Å². The molecule has 2 aromatic rings. The second-order valence-electron chi connectivity index (χ2n) is 5.01. The van der Waals surface area contributed by atoms with Gasteiger partial charge in [0.1, 0.15) is 0 Å². The maximum atomic E-state index is 11.0. The fourth-order valence-corrected chi connectivity index (χ4v) is 2.33. The van der Waals surface area contributed by atoms with Crippen molar-refractivity contribution in [2.24, 2.45) is 0 Å². The summed E-state index contributed by atoms with van der Waals surface area (Å²) in [7, 11) is 0. The van der Waals surface area contributed by atoms with Gasteiger partial charge in [-0.15, -0.1) is 0 Å². The summed E-state index contributed by atoms with van der Waals surface area (Å²) in [6, 6.07) is 9.78. The first kappa shape index (κ1) is 14.8. The van der Waals surface area contributed by atoms with Gasteiger partial charge in [0.05, 0.1) is 0 Å². The Balaban J connectivity index is 2.15. The van der Waals surface area contributed by atoms with E-state index in [4.69, 9.17) is 5.11 Å². The number of halogens is 1. The Bertz CT molecular complexity index is 603. The summed E-state index contributed by atoms with van der Waals surface area (Å²) in [5, 5.41) is 13.2. The maximum absolute atomic E-state index is 11.0. The van der Waals surface area contributed by atoms with Crippen LogP contribution in [0.2, 0.25) is 0 Å². The van der Waals surface area contributed by atoms with Crippen molar-refractivity contribution in [1.82, 2.24) is 9.78 Å². The summed E-state index contributed by atoms with van der Waals surface area (Å²) >= 11 is 3.41. The lowest BCUT2D eigenvalue weighted by molar-refractivity contribution is 0.0689. The van der Waals surface area contributed by atoms with Crippen molar-refractivity contribution in [3.8, 4) is 0 Å². The number of aromatic carboxylic acids is 1. The summed E-state index contributed by atoms with van der Waals surface area (Å²) < 4.78 is 2.85. The molecule has 106 valence electrons. The predicted molar refractivity (Wildman–Crippen MR) is 81.1 cm³/mol. The Morgan fingerprint density at radius 2 is 2.00 bits per heavy atom. The monoisotopic (exact) mass is 336 g/mol. The molecule has 5 heteroatoms. The third-order valence-electron chi connectivity index (χ3n) is 3.15. The molecule has 0 amide bonds. The van der Waals surface area contributed by atoms with E-state index >= 15 is 0 Å². The van der Waals surface area contributed by atoms with Crippen molar-refractivity contribution in [3.63, 3.8) is 0 Å². The van der Waals surface area contributed by atoms with Crippen molar-refractivity contribution in [3.05, 3.63) is 51.8 Å². The van der Waals surface area contributed by atoms with E-state index in [1.807, 2.05) is 26.0 Å². The number of carboxylic acids is 1. The van der Waals surface area contributed by atoms with Gasteiger partial charge in [-0.2, -0.15) is 5.10 Å². The molecule has 1 heterocycles. The SMILES string of the molecule is CC(C)c1cc(C(=O)O)nn1CCc1ccc(Br)cc1. The summed E-state index contributed by atoms with van der Waals surface area (Å²) in [5.41, 5.74) is 2.28. The van der Waals surface area contributed by atoms with E-state index < -0.39 is 5.97 Å². The van der Waals surface area contributed by atoms with E-state index in [0.717, 1.165) is 16.6 Å². The highest BCUT2D eigenvalue weighted by atomic mass is 79.9. The summed E-state index contributed by atoms with van der Waals surface area (Å²) in [6.07, 6.45) is 0.827.